The van der Waals surface area contributed by atoms with Crippen LogP contribution in [-0.4, -0.2) is 46.6 Å². The maximum atomic E-state index is 13.1. The molecule has 33 heavy (non-hydrogen) atoms. The summed E-state index contributed by atoms with van der Waals surface area (Å²) in [5.41, 5.74) is 13.2. The van der Waals surface area contributed by atoms with E-state index in [9.17, 15) is 18.0 Å². The molecule has 0 aliphatic heterocycles. The first-order valence-corrected chi connectivity index (χ1v) is 13.0. The van der Waals surface area contributed by atoms with Crippen LogP contribution in [0.25, 0.3) is 11.0 Å². The minimum Gasteiger partial charge on any atom is -0.370 e. The van der Waals surface area contributed by atoms with E-state index in [-0.39, 0.29) is 40.9 Å². The quantitative estimate of drug-likeness (QED) is 0.0738. The molecule has 0 aliphatic rings. The van der Waals surface area contributed by atoms with Crippen molar-refractivity contribution in [3.05, 3.63) is 40.1 Å². The predicted molar refractivity (Wildman–Crippen MR) is 125 cm³/mol. The van der Waals surface area contributed by atoms with Gasteiger partial charge in [0.1, 0.15) is 11.0 Å². The van der Waals surface area contributed by atoms with E-state index in [1.807, 2.05) is 0 Å². The van der Waals surface area contributed by atoms with Crippen molar-refractivity contribution in [1.82, 2.24) is 14.2 Å². The van der Waals surface area contributed by atoms with Crippen LogP contribution in [-0.2, 0) is 20.4 Å². The highest BCUT2D eigenvalue weighted by atomic mass is 32.2. The standard InChI is InChI=1S/C19H22N6O5S3/c20-19(21)22-7-2-3-11(18(27)23-28)9-14(26)17-12(6-8-31-17)10-33(29,30)15-5-1-4-13-16(15)25-32-24-13/h1,4-6,8,11,28H,2-3,7,9-10H2,(H,23,27)(H4,20,21,22)/t11-/m1/s1. The molecule has 0 spiro atoms. The smallest absolute Gasteiger partial charge is 0.246 e. The summed E-state index contributed by atoms with van der Waals surface area (Å²) in [4.78, 5) is 29.1. The fourth-order valence-electron chi connectivity index (χ4n) is 3.29. The molecule has 1 atom stereocenters. The van der Waals surface area contributed by atoms with E-state index in [2.05, 4.69) is 13.7 Å². The summed E-state index contributed by atoms with van der Waals surface area (Å²) in [5, 5.41) is 10.7. The topological polar surface area (TPSA) is 191 Å². The lowest BCUT2D eigenvalue weighted by atomic mass is 9.95. The number of amides is 1. The number of aliphatic imine (C=N–C) groups is 1. The van der Waals surface area contributed by atoms with E-state index in [4.69, 9.17) is 16.7 Å². The fraction of sp³-hybridized carbons (Fsp3) is 0.316. The van der Waals surface area contributed by atoms with Crippen LogP contribution in [0, 0.1) is 5.92 Å². The van der Waals surface area contributed by atoms with Gasteiger partial charge < -0.3 is 11.5 Å². The summed E-state index contributed by atoms with van der Waals surface area (Å²) in [6.07, 6.45) is 0.473. The first-order chi connectivity index (χ1) is 15.7. The monoisotopic (exact) mass is 510 g/mol. The van der Waals surface area contributed by atoms with Gasteiger partial charge in [0.15, 0.2) is 21.6 Å². The SMILES string of the molecule is NC(N)=NCCC[C@H](CC(=O)c1sccc1CS(=O)(=O)c1cccc2nsnc12)C(=O)NO. The number of sulfone groups is 1. The molecule has 2 aromatic heterocycles. The molecule has 0 saturated carbocycles. The molecule has 11 nitrogen and oxygen atoms in total. The largest absolute Gasteiger partial charge is 0.370 e. The Kier molecular flexibility index (Phi) is 8.07. The summed E-state index contributed by atoms with van der Waals surface area (Å²) >= 11 is 2.03. The van der Waals surface area contributed by atoms with E-state index in [0.717, 1.165) is 23.1 Å². The summed E-state index contributed by atoms with van der Waals surface area (Å²) < 4.78 is 34.3. The van der Waals surface area contributed by atoms with Crippen LogP contribution < -0.4 is 16.9 Å². The van der Waals surface area contributed by atoms with Crippen molar-refractivity contribution in [2.75, 3.05) is 6.54 Å². The van der Waals surface area contributed by atoms with Gasteiger partial charge in [-0.1, -0.05) is 6.07 Å². The zero-order chi connectivity index (χ0) is 24.0. The molecule has 0 fully saturated rings. The van der Waals surface area contributed by atoms with Crippen LogP contribution in [0.1, 0.15) is 34.5 Å². The van der Waals surface area contributed by atoms with Crippen LogP contribution in [0.3, 0.4) is 0 Å². The number of nitrogens with two attached hydrogens (primary N) is 2. The summed E-state index contributed by atoms with van der Waals surface area (Å²) in [5.74, 6) is -2.39. The number of hydroxylamine groups is 1. The van der Waals surface area contributed by atoms with E-state index >= 15 is 0 Å². The average molecular weight is 511 g/mol. The van der Waals surface area contributed by atoms with E-state index < -0.39 is 27.4 Å². The second-order valence-corrected chi connectivity index (χ2v) is 10.6. The molecule has 3 rings (SSSR count). The molecule has 1 amide bonds. The second-order valence-electron chi connectivity index (χ2n) is 7.17. The van der Waals surface area contributed by atoms with Gasteiger partial charge >= 0.3 is 0 Å². The predicted octanol–water partition coefficient (Wildman–Crippen LogP) is 1.47. The van der Waals surface area contributed by atoms with Crippen molar-refractivity contribution in [3.8, 4) is 0 Å². The number of hydrogen-bond donors (Lipinski definition) is 4. The third kappa shape index (κ3) is 6.10. The fourth-order valence-corrected chi connectivity index (χ4v) is 6.40. The minimum absolute atomic E-state index is 0.0515. The van der Waals surface area contributed by atoms with Crippen molar-refractivity contribution >= 4 is 61.6 Å². The van der Waals surface area contributed by atoms with Gasteiger partial charge in [-0.2, -0.15) is 8.75 Å². The molecule has 0 aliphatic carbocycles. The van der Waals surface area contributed by atoms with Crippen molar-refractivity contribution in [2.45, 2.75) is 29.9 Å². The van der Waals surface area contributed by atoms with Crippen LogP contribution in [0.5, 0.6) is 0 Å². The number of nitrogens with zero attached hydrogens (tertiary/aromatic N) is 3. The Bertz CT molecular complexity index is 1280. The first-order valence-electron chi connectivity index (χ1n) is 9.76. The van der Waals surface area contributed by atoms with E-state index in [0.29, 0.717) is 23.0 Å². The van der Waals surface area contributed by atoms with E-state index in [1.54, 1.807) is 29.1 Å². The maximum Gasteiger partial charge on any atom is 0.246 e. The number of carbonyl (C=O) groups excluding carboxylic acids is 2. The van der Waals surface area contributed by atoms with Crippen LogP contribution >= 0.6 is 23.1 Å². The Balaban J connectivity index is 1.77. The summed E-state index contributed by atoms with van der Waals surface area (Å²) in [7, 11) is -3.81. The number of carbonyl (C=O) groups is 2. The zero-order valence-electron chi connectivity index (χ0n) is 17.3. The number of fused-ring (bicyclic) bond motifs is 1. The van der Waals surface area contributed by atoms with E-state index in [1.165, 1.54) is 6.07 Å². The lowest BCUT2D eigenvalue weighted by Gasteiger charge is -2.14. The molecule has 6 N–H and O–H groups in total. The van der Waals surface area contributed by atoms with Crippen LogP contribution in [0.15, 0.2) is 39.5 Å². The molecule has 0 bridgehead atoms. The number of rotatable bonds is 11. The Hall–Kier alpha value is -2.94. The number of hydrogen-bond acceptors (Lipinski definition) is 10. The highest BCUT2D eigenvalue weighted by Crippen LogP contribution is 2.29. The Labute approximate surface area is 197 Å². The summed E-state index contributed by atoms with van der Waals surface area (Å²) in [6, 6.07) is 6.31. The highest BCUT2D eigenvalue weighted by molar-refractivity contribution is 7.90. The molecular formula is C19H22N6O5S3. The Morgan fingerprint density at radius 2 is 2.00 bits per heavy atom. The van der Waals surface area contributed by atoms with Crippen LogP contribution in [0.2, 0.25) is 0 Å². The lowest BCUT2D eigenvalue weighted by molar-refractivity contribution is -0.133. The van der Waals surface area contributed by atoms with Gasteiger partial charge in [0.25, 0.3) is 0 Å². The third-order valence-electron chi connectivity index (χ3n) is 4.85. The van der Waals surface area contributed by atoms with Gasteiger partial charge in [0.2, 0.25) is 5.91 Å². The van der Waals surface area contributed by atoms with Crippen molar-refractivity contribution in [3.63, 3.8) is 0 Å². The number of benzene rings is 1. The van der Waals surface area contributed by atoms with Crippen molar-refractivity contribution in [2.24, 2.45) is 22.4 Å². The first kappa shape index (κ1) is 24.7. The Morgan fingerprint density at radius 1 is 1.21 bits per heavy atom. The van der Waals surface area contributed by atoms with Gasteiger partial charge in [0.05, 0.1) is 27.3 Å². The third-order valence-corrected chi connectivity index (χ3v) is 8.08. The molecular weight excluding hydrogens is 488 g/mol. The molecule has 2 heterocycles. The highest BCUT2D eigenvalue weighted by Gasteiger charge is 2.27. The molecule has 0 radical (unpaired) electrons. The number of thiophene rings is 1. The molecule has 176 valence electrons. The molecule has 0 unspecified atom stereocenters. The number of nitrogens with one attached hydrogen (secondary N) is 1. The average Bonchev–Trinajstić information content (AvgIpc) is 3.43. The zero-order valence-corrected chi connectivity index (χ0v) is 19.8. The second kappa shape index (κ2) is 10.8. The molecule has 1 aromatic carbocycles. The number of ketones is 1. The number of aromatic nitrogens is 2. The van der Waals surface area contributed by atoms with Gasteiger partial charge in [-0.05, 0) is 42.0 Å². The molecule has 14 heteroatoms. The van der Waals surface area contributed by atoms with Gasteiger partial charge in [-0.25, -0.2) is 13.9 Å². The normalized spacial score (nSPS) is 12.4. The van der Waals surface area contributed by atoms with Gasteiger partial charge in [0, 0.05) is 18.9 Å². The molecule has 0 saturated heterocycles. The van der Waals surface area contributed by atoms with Gasteiger partial charge in [-0.15, -0.1) is 11.3 Å². The molecule has 3 aromatic rings. The van der Waals surface area contributed by atoms with Crippen molar-refractivity contribution < 1.29 is 23.2 Å². The maximum absolute atomic E-state index is 13.1. The van der Waals surface area contributed by atoms with Crippen LogP contribution in [0.4, 0.5) is 0 Å². The lowest BCUT2D eigenvalue weighted by Crippen LogP contribution is -2.30. The van der Waals surface area contributed by atoms with Gasteiger partial charge in [-0.3, -0.25) is 19.8 Å². The minimum atomic E-state index is -3.81. The number of Topliss-reactive ketones (excluding diaryl/α,β-unsaturated/α-hetero) is 1. The number of guanidine groups is 1. The summed E-state index contributed by atoms with van der Waals surface area (Å²) in [6.45, 7) is 0.269. The Morgan fingerprint density at radius 3 is 2.73 bits per heavy atom. The van der Waals surface area contributed by atoms with Crippen molar-refractivity contribution in [1.29, 1.82) is 0 Å².